The van der Waals surface area contributed by atoms with Crippen LogP contribution in [0.4, 0.5) is 0 Å². The van der Waals surface area contributed by atoms with Crippen LogP contribution < -0.4 is 29.6 Å². The second-order valence-electron chi connectivity index (χ2n) is 0.448. The Balaban J connectivity index is -0.0000000800. The van der Waals surface area contributed by atoms with Crippen molar-refractivity contribution in [3.05, 3.63) is 0 Å². The summed E-state index contributed by atoms with van der Waals surface area (Å²) in [6.07, 6.45) is 0. The predicted octanol–water partition coefficient (Wildman–Crippen LogP) is -5.10. The van der Waals surface area contributed by atoms with Gasteiger partial charge in [-0.2, -0.15) is 8.42 Å². The largest absolute Gasteiger partial charge is 1.00 e. The zero-order valence-corrected chi connectivity index (χ0v) is 5.94. The molecule has 7 heavy (non-hydrogen) atoms. The van der Waals surface area contributed by atoms with Gasteiger partial charge in [-0.05, 0) is 0 Å². The van der Waals surface area contributed by atoms with Gasteiger partial charge >= 0.3 is 40.0 Å². The smallest absolute Gasteiger partial charge is 0.264 e. The molecule has 7 heteroatoms. The summed E-state index contributed by atoms with van der Waals surface area (Å²) < 4.78 is 31.6. The van der Waals surface area contributed by atoms with Gasteiger partial charge < -0.3 is 0 Å². The molecule has 4 nitrogen and oxygen atoms in total. The number of rotatable bonds is 0. The Labute approximate surface area is 65.7 Å². The van der Waals surface area contributed by atoms with Crippen molar-refractivity contribution < 1.29 is 47.1 Å². The summed E-state index contributed by atoms with van der Waals surface area (Å²) in [5, 5.41) is 0. The molecular weight excluding hydrogens is 130 g/mol. The maximum absolute atomic E-state index is 8.74. The minimum atomic E-state index is -4.67. The average Bonchev–Trinajstić information content (AvgIpc) is 0.722. The van der Waals surface area contributed by atoms with Gasteiger partial charge in [0, 0.05) is 0 Å². The van der Waals surface area contributed by atoms with Crippen LogP contribution in [0.3, 0.4) is 0 Å². The monoisotopic (exact) mass is 136 g/mol. The summed E-state index contributed by atoms with van der Waals surface area (Å²) >= 11 is 0. The van der Waals surface area contributed by atoms with Crippen LogP contribution in [-0.4, -0.2) is 25.9 Å². The molecule has 0 atom stereocenters. The normalized spacial score (nSPS) is 8.29. The molecule has 0 aliphatic heterocycles. The molecule has 0 fully saturated rings. The van der Waals surface area contributed by atoms with Gasteiger partial charge in [0.15, 0.2) is 0 Å². The first-order valence-corrected chi connectivity index (χ1v) is 2.10. The van der Waals surface area contributed by atoms with Crippen LogP contribution in [-0.2, 0) is 10.4 Å². The van der Waals surface area contributed by atoms with E-state index in [-0.39, 0.29) is 38.0 Å². The van der Waals surface area contributed by atoms with Crippen molar-refractivity contribution in [2.24, 2.45) is 0 Å². The first-order valence-electron chi connectivity index (χ1n) is 0.698. The van der Waals surface area contributed by atoms with Crippen molar-refractivity contribution in [1.82, 2.24) is 0 Å². The van der Waals surface area contributed by atoms with Crippen molar-refractivity contribution in [3.8, 4) is 0 Å². The molecule has 0 saturated carbocycles. The van der Waals surface area contributed by atoms with Crippen molar-refractivity contribution in [2.45, 2.75) is 0 Å². The van der Waals surface area contributed by atoms with Gasteiger partial charge in [-0.1, -0.05) is 8.41 Å². The van der Waals surface area contributed by atoms with Gasteiger partial charge in [0.25, 0.3) is 0 Å². The van der Waals surface area contributed by atoms with Crippen LogP contribution in [0.5, 0.6) is 0 Å². The zero-order valence-electron chi connectivity index (χ0n) is 3.12. The minimum Gasteiger partial charge on any atom is -0.264 e. The second-order valence-corrected chi connectivity index (χ2v) is 1.34. The van der Waals surface area contributed by atoms with Crippen molar-refractivity contribution >= 4 is 18.8 Å². The molecule has 0 heterocycles. The van der Waals surface area contributed by atoms with Gasteiger partial charge in [0.1, 0.15) is 0 Å². The first-order chi connectivity index (χ1) is 2.00. The molecular formula is H6BNaO4S. The summed E-state index contributed by atoms with van der Waals surface area (Å²) in [4.78, 5) is 0. The molecule has 40 valence electrons. The summed E-state index contributed by atoms with van der Waals surface area (Å²) in [5.41, 5.74) is 0. The third-order valence-electron chi connectivity index (χ3n) is 0. The van der Waals surface area contributed by atoms with Crippen LogP contribution >= 0.6 is 0 Å². The van der Waals surface area contributed by atoms with Gasteiger partial charge in [0.2, 0.25) is 0 Å². The molecule has 0 bridgehead atoms. The second kappa shape index (κ2) is 5.08. The Hall–Kier alpha value is 0.935. The molecule has 0 rings (SSSR count). The van der Waals surface area contributed by atoms with Crippen LogP contribution in [0.1, 0.15) is 0 Å². The van der Waals surface area contributed by atoms with Gasteiger partial charge in [-0.3, -0.25) is 9.11 Å². The number of hydrogen-bond donors (Lipinski definition) is 2. The molecule has 0 saturated heterocycles. The Bertz CT molecular complexity index is 94.9. The van der Waals surface area contributed by atoms with Crippen LogP contribution in [0.25, 0.3) is 0 Å². The Morgan fingerprint density at radius 2 is 1.14 bits per heavy atom. The van der Waals surface area contributed by atoms with Gasteiger partial charge in [-0.25, -0.2) is 0 Å². The Kier molecular flexibility index (Phi) is 11.4. The SMILES string of the molecule is O=S(=O)(O)O.[BH4-].[Na+]. The molecule has 0 aromatic rings. The maximum Gasteiger partial charge on any atom is 1.00 e. The Morgan fingerprint density at radius 3 is 1.14 bits per heavy atom. The van der Waals surface area contributed by atoms with Crippen LogP contribution in [0, 0.1) is 0 Å². The quantitative estimate of drug-likeness (QED) is 0.258. The van der Waals surface area contributed by atoms with Crippen molar-refractivity contribution in [1.29, 1.82) is 0 Å². The fourth-order valence-corrected chi connectivity index (χ4v) is 0. The molecule has 0 aliphatic carbocycles. The summed E-state index contributed by atoms with van der Waals surface area (Å²) in [6.45, 7) is 0. The summed E-state index contributed by atoms with van der Waals surface area (Å²) in [5.74, 6) is 0. The van der Waals surface area contributed by atoms with Gasteiger partial charge in [0.05, 0.1) is 0 Å². The van der Waals surface area contributed by atoms with Gasteiger partial charge in [-0.15, -0.1) is 0 Å². The summed E-state index contributed by atoms with van der Waals surface area (Å²) in [7, 11) is -4.67. The van der Waals surface area contributed by atoms with Crippen molar-refractivity contribution in [3.63, 3.8) is 0 Å². The van der Waals surface area contributed by atoms with E-state index in [2.05, 4.69) is 0 Å². The average molecular weight is 136 g/mol. The maximum atomic E-state index is 8.74. The van der Waals surface area contributed by atoms with E-state index in [4.69, 9.17) is 17.5 Å². The summed E-state index contributed by atoms with van der Waals surface area (Å²) in [6, 6.07) is 0. The Morgan fingerprint density at radius 1 is 1.14 bits per heavy atom. The molecule has 0 amide bonds. The van der Waals surface area contributed by atoms with Crippen LogP contribution in [0.2, 0.25) is 0 Å². The van der Waals surface area contributed by atoms with E-state index in [1.165, 1.54) is 0 Å². The predicted molar refractivity (Wildman–Crippen MR) is 25.5 cm³/mol. The van der Waals surface area contributed by atoms with E-state index in [1.807, 2.05) is 0 Å². The zero-order chi connectivity index (χ0) is 4.50. The molecule has 0 spiro atoms. The third kappa shape index (κ3) is 193. The van der Waals surface area contributed by atoms with E-state index in [1.54, 1.807) is 0 Å². The van der Waals surface area contributed by atoms with Crippen molar-refractivity contribution in [2.75, 3.05) is 0 Å². The molecule has 0 aromatic carbocycles. The standard InChI is InChI=1S/BH4.Na.H2O4S/c;;1-5(2,3)4/h1H4;;(H2,1,2,3,4)/q-1;+1;. The number of hydrogen-bond acceptors (Lipinski definition) is 2. The van der Waals surface area contributed by atoms with Crippen LogP contribution in [0.15, 0.2) is 0 Å². The molecule has 0 unspecified atom stereocenters. The topological polar surface area (TPSA) is 74.6 Å². The fraction of sp³-hybridized carbons (Fsp3) is 0. The van der Waals surface area contributed by atoms with E-state index >= 15 is 0 Å². The first kappa shape index (κ1) is 15.7. The molecule has 0 aromatic heterocycles. The molecule has 2 N–H and O–H groups in total. The van der Waals surface area contributed by atoms with E-state index in [0.717, 1.165) is 0 Å². The fourth-order valence-electron chi connectivity index (χ4n) is 0. The van der Waals surface area contributed by atoms with E-state index in [9.17, 15) is 0 Å². The molecule has 0 radical (unpaired) electrons. The third-order valence-corrected chi connectivity index (χ3v) is 0. The molecule has 0 aliphatic rings. The van der Waals surface area contributed by atoms with E-state index < -0.39 is 10.4 Å². The van der Waals surface area contributed by atoms with E-state index in [0.29, 0.717) is 0 Å². The minimum absolute atomic E-state index is 0.